The molecule has 0 atom stereocenters. The van der Waals surface area contributed by atoms with Crippen molar-refractivity contribution < 1.29 is 0 Å². The van der Waals surface area contributed by atoms with Gasteiger partial charge >= 0.3 is 0 Å². The molecule has 0 heterocycles. The molecule has 3 aromatic carbocycles. The second-order valence-electron chi connectivity index (χ2n) is 6.02. The Morgan fingerprint density at radius 3 is 1.65 bits per heavy atom. The summed E-state index contributed by atoms with van der Waals surface area (Å²) in [4.78, 5) is 0. The lowest BCUT2D eigenvalue weighted by Gasteiger charge is -2.25. The van der Waals surface area contributed by atoms with E-state index in [1.165, 1.54) is 27.5 Å². The Kier molecular flexibility index (Phi) is 5.43. The first kappa shape index (κ1) is 16.2. The molecule has 0 aliphatic rings. The molecular formula is C21H22PSi-. The van der Waals surface area contributed by atoms with Crippen molar-refractivity contribution in [2.45, 2.75) is 19.1 Å². The molecule has 3 aromatic rings. The predicted molar refractivity (Wildman–Crippen MR) is 106 cm³/mol. The van der Waals surface area contributed by atoms with Gasteiger partial charge in [0.25, 0.3) is 0 Å². The van der Waals surface area contributed by atoms with Gasteiger partial charge in [0.15, 0.2) is 0 Å². The molecule has 116 valence electrons. The second kappa shape index (κ2) is 7.72. The molecule has 0 bridgehead atoms. The predicted octanol–water partition coefficient (Wildman–Crippen LogP) is 4.28. The number of benzene rings is 3. The van der Waals surface area contributed by atoms with Crippen LogP contribution in [-0.4, -0.2) is 8.80 Å². The summed E-state index contributed by atoms with van der Waals surface area (Å²) >= 11 is 0. The quantitative estimate of drug-likeness (QED) is 0.483. The second-order valence-corrected chi connectivity index (χ2v) is 11.0. The van der Waals surface area contributed by atoms with Crippen molar-refractivity contribution in [3.8, 4) is 0 Å². The van der Waals surface area contributed by atoms with Crippen molar-refractivity contribution in [3.05, 3.63) is 90.5 Å². The lowest BCUT2D eigenvalue weighted by atomic mass is 10.2. The summed E-state index contributed by atoms with van der Waals surface area (Å²) in [6.45, 7) is 4.80. The zero-order valence-electron chi connectivity index (χ0n) is 13.7. The molecule has 2 heteroatoms. The van der Waals surface area contributed by atoms with Crippen LogP contribution in [0, 0.1) is 0 Å². The summed E-state index contributed by atoms with van der Waals surface area (Å²) in [5, 5.41) is 4.38. The SMILES string of the molecule is C[Si-](C)Cc1ccccc1P(c1ccccc1)c1ccccc1. The molecule has 0 saturated carbocycles. The molecule has 0 fully saturated rings. The highest BCUT2D eigenvalue weighted by Gasteiger charge is 2.17. The van der Waals surface area contributed by atoms with Gasteiger partial charge in [0.05, 0.1) is 0 Å². The maximum absolute atomic E-state index is 2.40. The molecule has 0 amide bonds. The summed E-state index contributed by atoms with van der Waals surface area (Å²) < 4.78 is 0. The largest absolute Gasteiger partial charge is 0.262 e. The lowest BCUT2D eigenvalue weighted by molar-refractivity contribution is 1.38. The number of hydrogen-bond donors (Lipinski definition) is 0. The van der Waals surface area contributed by atoms with Crippen LogP contribution in [0.2, 0.25) is 13.1 Å². The Balaban J connectivity index is 2.14. The summed E-state index contributed by atoms with van der Waals surface area (Å²) in [5.74, 6) is 0. The van der Waals surface area contributed by atoms with Crippen LogP contribution in [0.3, 0.4) is 0 Å². The minimum absolute atomic E-state index is 0.295. The van der Waals surface area contributed by atoms with Crippen LogP contribution in [0.15, 0.2) is 84.9 Å². The van der Waals surface area contributed by atoms with E-state index in [1.807, 2.05) is 0 Å². The molecule has 0 nitrogen and oxygen atoms in total. The van der Waals surface area contributed by atoms with E-state index in [0.29, 0.717) is 0 Å². The number of rotatable bonds is 5. The molecule has 0 aromatic heterocycles. The van der Waals surface area contributed by atoms with Crippen molar-refractivity contribution in [3.63, 3.8) is 0 Å². The molecule has 3 rings (SSSR count). The molecule has 0 spiro atoms. The number of hydrogen-bond acceptors (Lipinski definition) is 0. The van der Waals surface area contributed by atoms with Gasteiger partial charge in [-0.25, -0.2) is 0 Å². The Bertz CT molecular complexity index is 699. The molecule has 0 unspecified atom stereocenters. The normalized spacial score (nSPS) is 11.1. The Labute approximate surface area is 142 Å². The average molecular weight is 333 g/mol. The summed E-state index contributed by atoms with van der Waals surface area (Å²) in [6.07, 6.45) is 0. The first-order valence-corrected chi connectivity index (χ1v) is 12.1. The van der Waals surface area contributed by atoms with Crippen molar-refractivity contribution in [1.29, 1.82) is 0 Å². The van der Waals surface area contributed by atoms with E-state index in [9.17, 15) is 0 Å². The minimum atomic E-state index is -0.481. The first-order valence-electron chi connectivity index (χ1n) is 8.03. The van der Waals surface area contributed by atoms with Crippen molar-refractivity contribution >= 4 is 32.6 Å². The van der Waals surface area contributed by atoms with Crippen LogP contribution >= 0.6 is 7.92 Å². The fourth-order valence-electron chi connectivity index (χ4n) is 2.84. The zero-order chi connectivity index (χ0) is 16.1. The highest BCUT2D eigenvalue weighted by atomic mass is 31.1. The zero-order valence-corrected chi connectivity index (χ0v) is 15.6. The summed E-state index contributed by atoms with van der Waals surface area (Å²) in [5.41, 5.74) is 1.53. The molecule has 23 heavy (non-hydrogen) atoms. The Morgan fingerprint density at radius 2 is 1.13 bits per heavy atom. The fourth-order valence-corrected chi connectivity index (χ4v) is 6.53. The molecule has 0 radical (unpaired) electrons. The smallest absolute Gasteiger partial charge is 0.0133 e. The van der Waals surface area contributed by atoms with E-state index in [2.05, 4.69) is 98.0 Å². The average Bonchev–Trinajstić information content (AvgIpc) is 2.58. The third-order valence-corrected chi connectivity index (χ3v) is 7.44. The van der Waals surface area contributed by atoms with Crippen LogP contribution in [-0.2, 0) is 6.04 Å². The van der Waals surface area contributed by atoms with Crippen LogP contribution in [0.5, 0.6) is 0 Å². The molecule has 0 aliphatic heterocycles. The Hall–Kier alpha value is -1.69. The van der Waals surface area contributed by atoms with Gasteiger partial charge in [-0.1, -0.05) is 90.5 Å². The van der Waals surface area contributed by atoms with Gasteiger partial charge in [-0.15, -0.1) is 0 Å². The van der Waals surface area contributed by atoms with E-state index in [0.717, 1.165) is 0 Å². The van der Waals surface area contributed by atoms with E-state index in [-0.39, 0.29) is 8.80 Å². The van der Waals surface area contributed by atoms with Gasteiger partial charge < -0.3 is 0 Å². The van der Waals surface area contributed by atoms with Crippen molar-refractivity contribution in [1.82, 2.24) is 0 Å². The van der Waals surface area contributed by atoms with Gasteiger partial charge in [-0.3, -0.25) is 8.80 Å². The maximum Gasteiger partial charge on any atom is -0.0133 e. The maximum atomic E-state index is 2.40. The van der Waals surface area contributed by atoms with Gasteiger partial charge in [0, 0.05) is 0 Å². The van der Waals surface area contributed by atoms with Gasteiger partial charge in [0.2, 0.25) is 0 Å². The molecule has 0 N–H and O–H groups in total. The van der Waals surface area contributed by atoms with Gasteiger partial charge in [-0.2, -0.15) is 19.1 Å². The van der Waals surface area contributed by atoms with Crippen molar-refractivity contribution in [2.75, 3.05) is 0 Å². The third kappa shape index (κ3) is 3.99. The summed E-state index contributed by atoms with van der Waals surface area (Å²) in [7, 11) is -0.776. The Morgan fingerprint density at radius 1 is 0.652 bits per heavy atom. The van der Waals surface area contributed by atoms with Gasteiger partial charge in [0.1, 0.15) is 0 Å². The third-order valence-electron chi connectivity index (χ3n) is 3.81. The van der Waals surface area contributed by atoms with Crippen LogP contribution in [0.25, 0.3) is 0 Å². The topological polar surface area (TPSA) is 0 Å². The monoisotopic (exact) mass is 333 g/mol. The van der Waals surface area contributed by atoms with E-state index in [1.54, 1.807) is 0 Å². The van der Waals surface area contributed by atoms with Crippen LogP contribution in [0.4, 0.5) is 0 Å². The van der Waals surface area contributed by atoms with E-state index < -0.39 is 7.92 Å². The fraction of sp³-hybridized carbons (Fsp3) is 0.143. The van der Waals surface area contributed by atoms with E-state index >= 15 is 0 Å². The van der Waals surface area contributed by atoms with Gasteiger partial charge in [-0.05, 0) is 23.8 Å². The molecule has 0 saturated heterocycles. The molecule has 0 aliphatic carbocycles. The summed E-state index contributed by atoms with van der Waals surface area (Å²) in [6, 6.07) is 32.2. The standard InChI is InChI=1S/C21H22PSi/c1-23(2)17-18-11-9-10-16-21(18)22(19-12-5-3-6-13-19)20-14-7-4-8-15-20/h3-16H,17H2,1-2H3/q-1. The minimum Gasteiger partial charge on any atom is -0.262 e. The first-order chi connectivity index (χ1) is 11.3. The van der Waals surface area contributed by atoms with Crippen molar-refractivity contribution in [2.24, 2.45) is 0 Å². The highest BCUT2D eigenvalue weighted by Crippen LogP contribution is 2.34. The highest BCUT2D eigenvalue weighted by molar-refractivity contribution is 7.79. The molecular weight excluding hydrogens is 311 g/mol. The van der Waals surface area contributed by atoms with E-state index in [4.69, 9.17) is 0 Å². The lowest BCUT2D eigenvalue weighted by Crippen LogP contribution is -2.24. The van der Waals surface area contributed by atoms with Crippen LogP contribution in [0.1, 0.15) is 5.56 Å². The van der Waals surface area contributed by atoms with Crippen LogP contribution < -0.4 is 15.9 Å².